The zero-order valence-electron chi connectivity index (χ0n) is 11.0. The van der Waals surface area contributed by atoms with Crippen molar-refractivity contribution in [3.63, 3.8) is 0 Å². The molecule has 0 saturated heterocycles. The fraction of sp³-hybridized carbons (Fsp3) is 0.636. The van der Waals surface area contributed by atoms with Crippen LogP contribution >= 0.6 is 0 Å². The Morgan fingerprint density at radius 1 is 1.33 bits per heavy atom. The van der Waals surface area contributed by atoms with E-state index < -0.39 is 36.5 Å². The van der Waals surface area contributed by atoms with E-state index in [-0.39, 0.29) is 17.0 Å². The molecule has 0 fully saturated rings. The minimum absolute atomic E-state index is 0.130. The number of halogens is 6. The standard InChI is InChI=1S/C11H12F6N2O2/c1-3-21-9(20)5-8(11(15,16)17)19-6(2)4-7(18-19)10(12,13)14/h4,8H,3,5H2,1-2H3. The van der Waals surface area contributed by atoms with E-state index in [9.17, 15) is 31.1 Å². The maximum Gasteiger partial charge on any atom is 0.435 e. The second-order valence-electron chi connectivity index (χ2n) is 4.18. The average Bonchev–Trinajstić information content (AvgIpc) is 2.66. The van der Waals surface area contributed by atoms with E-state index in [1.807, 2.05) is 0 Å². The molecule has 0 N–H and O–H groups in total. The summed E-state index contributed by atoms with van der Waals surface area (Å²) >= 11 is 0. The first-order chi connectivity index (χ1) is 9.46. The summed E-state index contributed by atoms with van der Waals surface area (Å²) in [4.78, 5) is 11.2. The van der Waals surface area contributed by atoms with Gasteiger partial charge in [0, 0.05) is 5.69 Å². The van der Waals surface area contributed by atoms with Crippen LogP contribution in [0.3, 0.4) is 0 Å². The Kier molecular flexibility index (Phi) is 4.90. The molecule has 1 aromatic heterocycles. The molecule has 1 atom stereocenters. The molecule has 0 aromatic carbocycles. The first kappa shape index (κ1) is 17.3. The van der Waals surface area contributed by atoms with Crippen LogP contribution in [0, 0.1) is 6.92 Å². The van der Waals surface area contributed by atoms with Crippen molar-refractivity contribution >= 4 is 5.97 Å². The van der Waals surface area contributed by atoms with Crippen molar-refractivity contribution < 1.29 is 35.9 Å². The quantitative estimate of drug-likeness (QED) is 0.632. The van der Waals surface area contributed by atoms with Crippen molar-refractivity contribution in [2.24, 2.45) is 0 Å². The second-order valence-corrected chi connectivity index (χ2v) is 4.18. The number of carbonyl (C=O) groups is 1. The van der Waals surface area contributed by atoms with Gasteiger partial charge in [0.2, 0.25) is 0 Å². The molecule has 21 heavy (non-hydrogen) atoms. The normalized spacial score (nSPS) is 14.1. The van der Waals surface area contributed by atoms with E-state index in [1.165, 1.54) is 6.92 Å². The molecular formula is C11H12F6N2O2. The van der Waals surface area contributed by atoms with Crippen LogP contribution in [-0.2, 0) is 15.7 Å². The molecule has 0 bridgehead atoms. The van der Waals surface area contributed by atoms with Crippen LogP contribution < -0.4 is 0 Å². The van der Waals surface area contributed by atoms with Crippen LogP contribution in [0.4, 0.5) is 26.3 Å². The zero-order valence-corrected chi connectivity index (χ0v) is 11.0. The lowest BCUT2D eigenvalue weighted by Crippen LogP contribution is -2.31. The topological polar surface area (TPSA) is 44.1 Å². The monoisotopic (exact) mass is 318 g/mol. The molecule has 0 aliphatic carbocycles. The highest BCUT2D eigenvalue weighted by molar-refractivity contribution is 5.70. The predicted molar refractivity (Wildman–Crippen MR) is 58.3 cm³/mol. The van der Waals surface area contributed by atoms with E-state index in [2.05, 4.69) is 9.84 Å². The number of hydrogen-bond donors (Lipinski definition) is 0. The summed E-state index contributed by atoms with van der Waals surface area (Å²) in [5, 5.41) is 2.92. The van der Waals surface area contributed by atoms with Gasteiger partial charge in [-0.15, -0.1) is 0 Å². The number of nitrogens with zero attached hydrogens (tertiary/aromatic N) is 2. The molecule has 0 aliphatic rings. The van der Waals surface area contributed by atoms with Gasteiger partial charge in [-0.2, -0.15) is 31.4 Å². The van der Waals surface area contributed by atoms with Crippen LogP contribution in [0.25, 0.3) is 0 Å². The first-order valence-corrected chi connectivity index (χ1v) is 5.82. The number of carbonyl (C=O) groups excluding carboxylic acids is 1. The van der Waals surface area contributed by atoms with Gasteiger partial charge < -0.3 is 4.74 Å². The third-order valence-electron chi connectivity index (χ3n) is 2.55. The summed E-state index contributed by atoms with van der Waals surface area (Å²) in [6.07, 6.45) is -10.9. The second kappa shape index (κ2) is 5.94. The number of aromatic nitrogens is 2. The van der Waals surface area contributed by atoms with Gasteiger partial charge in [0.25, 0.3) is 0 Å². The Labute approximate surface area is 115 Å². The first-order valence-electron chi connectivity index (χ1n) is 5.82. The molecule has 0 radical (unpaired) electrons. The Balaban J connectivity index is 3.16. The zero-order chi connectivity index (χ0) is 16.4. The number of alkyl halides is 6. The smallest absolute Gasteiger partial charge is 0.435 e. The Morgan fingerprint density at radius 2 is 1.90 bits per heavy atom. The van der Waals surface area contributed by atoms with Gasteiger partial charge in [-0.3, -0.25) is 9.48 Å². The predicted octanol–water partition coefficient (Wildman–Crippen LogP) is 3.27. The van der Waals surface area contributed by atoms with Crippen molar-refractivity contribution in [1.29, 1.82) is 0 Å². The lowest BCUT2D eigenvalue weighted by Gasteiger charge is -2.21. The maximum atomic E-state index is 12.9. The summed E-state index contributed by atoms with van der Waals surface area (Å²) < 4.78 is 80.8. The molecule has 0 amide bonds. The summed E-state index contributed by atoms with van der Waals surface area (Å²) in [7, 11) is 0. The lowest BCUT2D eigenvalue weighted by molar-refractivity contribution is -0.182. The summed E-state index contributed by atoms with van der Waals surface area (Å²) in [5.74, 6) is -1.16. The van der Waals surface area contributed by atoms with Crippen molar-refractivity contribution in [2.45, 2.75) is 38.7 Å². The maximum absolute atomic E-state index is 12.9. The van der Waals surface area contributed by atoms with Gasteiger partial charge in [0.05, 0.1) is 13.0 Å². The Hall–Kier alpha value is -1.74. The molecule has 1 unspecified atom stereocenters. The Morgan fingerprint density at radius 3 is 2.29 bits per heavy atom. The number of esters is 1. The van der Waals surface area contributed by atoms with Crippen molar-refractivity contribution in [1.82, 2.24) is 9.78 Å². The van der Waals surface area contributed by atoms with Gasteiger partial charge in [0.15, 0.2) is 11.7 Å². The highest BCUT2D eigenvalue weighted by atomic mass is 19.4. The van der Waals surface area contributed by atoms with Gasteiger partial charge in [-0.1, -0.05) is 0 Å². The molecule has 4 nitrogen and oxygen atoms in total. The largest absolute Gasteiger partial charge is 0.466 e. The van der Waals surface area contributed by atoms with Crippen LogP contribution in [-0.4, -0.2) is 28.5 Å². The highest BCUT2D eigenvalue weighted by Crippen LogP contribution is 2.36. The van der Waals surface area contributed by atoms with E-state index >= 15 is 0 Å². The number of rotatable bonds is 4. The van der Waals surface area contributed by atoms with Gasteiger partial charge in [-0.05, 0) is 19.9 Å². The third kappa shape index (κ3) is 4.36. The van der Waals surface area contributed by atoms with Crippen LogP contribution in [0.5, 0.6) is 0 Å². The lowest BCUT2D eigenvalue weighted by atomic mass is 10.2. The van der Waals surface area contributed by atoms with E-state index in [1.54, 1.807) is 0 Å². The molecule has 0 spiro atoms. The number of hydrogen-bond acceptors (Lipinski definition) is 3. The van der Waals surface area contributed by atoms with Gasteiger partial charge in [0.1, 0.15) is 0 Å². The van der Waals surface area contributed by atoms with E-state index in [0.717, 1.165) is 6.92 Å². The van der Waals surface area contributed by atoms with Gasteiger partial charge in [-0.25, -0.2) is 0 Å². The molecule has 0 aliphatic heterocycles. The minimum atomic E-state index is -4.94. The molecule has 1 rings (SSSR count). The molecule has 120 valence electrons. The number of ether oxygens (including phenoxy) is 1. The van der Waals surface area contributed by atoms with Crippen LogP contribution in [0.15, 0.2) is 6.07 Å². The fourth-order valence-electron chi connectivity index (χ4n) is 1.66. The molecular weight excluding hydrogens is 306 g/mol. The molecule has 0 saturated carbocycles. The molecule has 10 heteroatoms. The van der Waals surface area contributed by atoms with Gasteiger partial charge >= 0.3 is 18.3 Å². The summed E-state index contributed by atoms with van der Waals surface area (Å²) in [5.41, 5.74) is -1.80. The summed E-state index contributed by atoms with van der Waals surface area (Å²) in [6.45, 7) is 2.32. The molecule has 1 heterocycles. The SMILES string of the molecule is CCOC(=O)CC(n1nc(C(F)(F)F)cc1C)C(F)(F)F. The van der Waals surface area contributed by atoms with E-state index in [0.29, 0.717) is 6.07 Å². The van der Waals surface area contributed by atoms with Crippen molar-refractivity contribution in [3.05, 3.63) is 17.5 Å². The van der Waals surface area contributed by atoms with Crippen molar-refractivity contribution in [3.8, 4) is 0 Å². The highest BCUT2D eigenvalue weighted by Gasteiger charge is 2.45. The minimum Gasteiger partial charge on any atom is -0.466 e. The number of aryl methyl sites for hydroxylation is 1. The third-order valence-corrected chi connectivity index (χ3v) is 2.55. The average molecular weight is 318 g/mol. The van der Waals surface area contributed by atoms with E-state index in [4.69, 9.17) is 0 Å². The summed E-state index contributed by atoms with van der Waals surface area (Å²) in [6, 6.07) is -2.02. The van der Waals surface area contributed by atoms with Crippen LogP contribution in [0.1, 0.15) is 30.8 Å². The Bertz CT molecular complexity index is 506. The van der Waals surface area contributed by atoms with Crippen LogP contribution in [0.2, 0.25) is 0 Å². The van der Waals surface area contributed by atoms with Crippen molar-refractivity contribution in [2.75, 3.05) is 6.61 Å². The molecule has 1 aromatic rings. The fourth-order valence-corrected chi connectivity index (χ4v) is 1.66.